The average Bonchev–Trinajstić information content (AvgIpc) is 2.66. The first-order valence-corrected chi connectivity index (χ1v) is 8.25. The highest BCUT2D eigenvalue weighted by Gasteiger charge is 2.62. The molecule has 4 fully saturated rings. The largest absolute Gasteiger partial charge is 0.312 e. The number of hydrogen-bond donors (Lipinski definition) is 1. The van der Waals surface area contributed by atoms with Gasteiger partial charge in [0.25, 0.3) is 0 Å². The molecule has 1 N–H and O–H groups in total. The Bertz CT molecular complexity index is 491. The number of amidine groups is 1. The van der Waals surface area contributed by atoms with Crippen LogP contribution in [0.15, 0.2) is 4.99 Å². The third-order valence-electron chi connectivity index (χ3n) is 6.34. The van der Waals surface area contributed by atoms with Gasteiger partial charge in [-0.1, -0.05) is 20.8 Å². The zero-order valence-corrected chi connectivity index (χ0v) is 13.0. The summed E-state index contributed by atoms with van der Waals surface area (Å²) in [6.07, 6.45) is 8.71. The minimum Gasteiger partial charge on any atom is -0.312 e. The van der Waals surface area contributed by atoms with Crippen LogP contribution in [0.3, 0.4) is 0 Å². The van der Waals surface area contributed by atoms with Crippen LogP contribution >= 0.6 is 0 Å². The zero-order valence-electron chi connectivity index (χ0n) is 13.0. The molecular weight excluding hydrogens is 248 g/mol. The molecule has 3 atom stereocenters. The number of nitrogens with one attached hydrogen (secondary N) is 1. The van der Waals surface area contributed by atoms with Crippen molar-refractivity contribution in [2.75, 3.05) is 0 Å². The number of hydrogen-bond acceptors (Lipinski definition) is 2. The van der Waals surface area contributed by atoms with Crippen LogP contribution in [0.5, 0.6) is 0 Å². The second kappa shape index (κ2) is 3.66. The molecule has 3 unspecified atom stereocenters. The van der Waals surface area contributed by atoms with Crippen LogP contribution in [-0.4, -0.2) is 17.8 Å². The normalized spacial score (nSPS) is 53.1. The molecule has 4 saturated carbocycles. The molecule has 1 aliphatic heterocycles. The molecule has 5 aliphatic rings. The summed E-state index contributed by atoms with van der Waals surface area (Å²) >= 11 is 0. The van der Waals surface area contributed by atoms with Crippen molar-refractivity contribution < 1.29 is 4.79 Å². The fraction of sp³-hybridized carbons (Fsp3) is 0.882. The number of carbonyl (C=O) groups is 1. The Balaban J connectivity index is 1.73. The van der Waals surface area contributed by atoms with E-state index in [0.29, 0.717) is 10.8 Å². The molecule has 4 aliphatic carbocycles. The molecule has 0 aromatic heterocycles. The van der Waals surface area contributed by atoms with Gasteiger partial charge < -0.3 is 5.32 Å². The highest BCUT2D eigenvalue weighted by atomic mass is 16.2. The SMILES string of the molecule is CCC1N=C(C23CC4CC(C)(CC(C)(C4)C2)C3)NC1=O. The van der Waals surface area contributed by atoms with Crippen molar-refractivity contribution in [2.24, 2.45) is 27.2 Å². The second-order valence-corrected chi connectivity index (χ2v) is 8.80. The fourth-order valence-electron chi connectivity index (χ4n) is 6.70. The van der Waals surface area contributed by atoms with Crippen LogP contribution < -0.4 is 5.32 Å². The molecular formula is C17H26N2O. The van der Waals surface area contributed by atoms with Crippen molar-refractivity contribution in [1.29, 1.82) is 0 Å². The Morgan fingerprint density at radius 3 is 2.30 bits per heavy atom. The van der Waals surface area contributed by atoms with E-state index in [-0.39, 0.29) is 17.4 Å². The number of rotatable bonds is 2. The molecule has 0 aromatic rings. The van der Waals surface area contributed by atoms with Crippen molar-refractivity contribution in [3.63, 3.8) is 0 Å². The van der Waals surface area contributed by atoms with E-state index in [1.807, 2.05) is 0 Å². The number of nitrogens with zero attached hydrogens (tertiary/aromatic N) is 1. The lowest BCUT2D eigenvalue weighted by atomic mass is 9.40. The molecule has 1 amide bonds. The van der Waals surface area contributed by atoms with Gasteiger partial charge in [-0.2, -0.15) is 0 Å². The van der Waals surface area contributed by atoms with Crippen LogP contribution in [-0.2, 0) is 4.79 Å². The Morgan fingerprint density at radius 2 is 1.80 bits per heavy atom. The molecule has 4 bridgehead atoms. The Morgan fingerprint density at radius 1 is 1.15 bits per heavy atom. The summed E-state index contributed by atoms with van der Waals surface area (Å²) in [6.45, 7) is 7.00. The molecule has 0 radical (unpaired) electrons. The van der Waals surface area contributed by atoms with Gasteiger partial charge in [0, 0.05) is 5.41 Å². The van der Waals surface area contributed by atoms with Gasteiger partial charge in [0.2, 0.25) is 5.91 Å². The van der Waals surface area contributed by atoms with Crippen LogP contribution in [0, 0.1) is 22.2 Å². The Labute approximate surface area is 121 Å². The minimum absolute atomic E-state index is 0.126. The molecule has 1 heterocycles. The van der Waals surface area contributed by atoms with Crippen molar-refractivity contribution in [2.45, 2.75) is 71.8 Å². The molecule has 3 nitrogen and oxygen atoms in total. The molecule has 0 aromatic carbocycles. The maximum absolute atomic E-state index is 12.0. The van der Waals surface area contributed by atoms with E-state index in [1.165, 1.54) is 38.5 Å². The quantitative estimate of drug-likeness (QED) is 0.825. The van der Waals surface area contributed by atoms with Gasteiger partial charge in [-0.05, 0) is 61.7 Å². The maximum Gasteiger partial charge on any atom is 0.250 e. The predicted octanol–water partition coefficient (Wildman–Crippen LogP) is 3.29. The monoisotopic (exact) mass is 274 g/mol. The van der Waals surface area contributed by atoms with Gasteiger partial charge in [-0.15, -0.1) is 0 Å². The summed E-state index contributed by atoms with van der Waals surface area (Å²) in [5.41, 5.74) is 1.14. The van der Waals surface area contributed by atoms with E-state index in [0.717, 1.165) is 18.2 Å². The Kier molecular flexibility index (Phi) is 2.35. The third-order valence-corrected chi connectivity index (χ3v) is 6.34. The van der Waals surface area contributed by atoms with Crippen molar-refractivity contribution in [1.82, 2.24) is 5.32 Å². The van der Waals surface area contributed by atoms with Gasteiger partial charge in [0.05, 0.1) is 0 Å². The van der Waals surface area contributed by atoms with Gasteiger partial charge in [-0.25, -0.2) is 0 Å². The van der Waals surface area contributed by atoms with Gasteiger partial charge in [-0.3, -0.25) is 9.79 Å². The van der Waals surface area contributed by atoms with E-state index >= 15 is 0 Å². The van der Waals surface area contributed by atoms with Gasteiger partial charge in [0.15, 0.2) is 0 Å². The lowest BCUT2D eigenvalue weighted by Gasteiger charge is -2.65. The van der Waals surface area contributed by atoms with Crippen molar-refractivity contribution >= 4 is 11.7 Å². The molecule has 20 heavy (non-hydrogen) atoms. The van der Waals surface area contributed by atoms with E-state index in [4.69, 9.17) is 4.99 Å². The lowest BCUT2D eigenvalue weighted by Crippen LogP contribution is -2.59. The van der Waals surface area contributed by atoms with Crippen molar-refractivity contribution in [3.05, 3.63) is 0 Å². The first-order valence-electron chi connectivity index (χ1n) is 8.25. The van der Waals surface area contributed by atoms with Crippen LogP contribution in [0.1, 0.15) is 65.7 Å². The summed E-state index contributed by atoms with van der Waals surface area (Å²) in [5.74, 6) is 2.03. The molecule has 0 saturated heterocycles. The van der Waals surface area contributed by atoms with Crippen LogP contribution in [0.25, 0.3) is 0 Å². The minimum atomic E-state index is -0.126. The topological polar surface area (TPSA) is 41.5 Å². The zero-order chi connectivity index (χ0) is 14.2. The molecule has 5 rings (SSSR count). The van der Waals surface area contributed by atoms with Crippen LogP contribution in [0.4, 0.5) is 0 Å². The number of carbonyl (C=O) groups excluding carboxylic acids is 1. The summed E-state index contributed by atoms with van der Waals surface area (Å²) < 4.78 is 0. The third kappa shape index (κ3) is 1.64. The summed E-state index contributed by atoms with van der Waals surface area (Å²) in [4.78, 5) is 16.8. The molecule has 3 heteroatoms. The van der Waals surface area contributed by atoms with E-state index in [9.17, 15) is 4.79 Å². The van der Waals surface area contributed by atoms with E-state index < -0.39 is 0 Å². The predicted molar refractivity (Wildman–Crippen MR) is 79.5 cm³/mol. The van der Waals surface area contributed by atoms with E-state index in [2.05, 4.69) is 26.1 Å². The van der Waals surface area contributed by atoms with Gasteiger partial charge in [0.1, 0.15) is 11.9 Å². The first-order chi connectivity index (χ1) is 9.35. The highest BCUT2D eigenvalue weighted by Crippen LogP contribution is 2.69. The highest BCUT2D eigenvalue weighted by molar-refractivity contribution is 6.08. The summed E-state index contributed by atoms with van der Waals surface area (Å²) in [5, 5.41) is 3.16. The maximum atomic E-state index is 12.0. The smallest absolute Gasteiger partial charge is 0.250 e. The Hall–Kier alpha value is -0.860. The van der Waals surface area contributed by atoms with E-state index in [1.54, 1.807) is 0 Å². The average molecular weight is 274 g/mol. The summed E-state index contributed by atoms with van der Waals surface area (Å²) in [6, 6.07) is -0.126. The standard InChI is InChI=1S/C17H26N2O/c1-4-12-13(20)19-14(18-12)17-7-11-5-15(2,9-17)8-16(3,6-11)10-17/h11-12H,4-10H2,1-3H3,(H,18,19,20). The second-order valence-electron chi connectivity index (χ2n) is 8.80. The van der Waals surface area contributed by atoms with Gasteiger partial charge >= 0.3 is 0 Å². The lowest BCUT2D eigenvalue weighted by molar-refractivity contribution is -0.123. The molecule has 0 spiro atoms. The number of aliphatic imine (C=N–C) groups is 1. The van der Waals surface area contributed by atoms with Crippen molar-refractivity contribution in [3.8, 4) is 0 Å². The fourth-order valence-corrected chi connectivity index (χ4v) is 6.70. The number of amides is 1. The summed E-state index contributed by atoms with van der Waals surface area (Å²) in [7, 11) is 0. The first kappa shape index (κ1) is 12.8. The molecule has 110 valence electrons. The van der Waals surface area contributed by atoms with Crippen LogP contribution in [0.2, 0.25) is 0 Å².